The summed E-state index contributed by atoms with van der Waals surface area (Å²) >= 11 is 0. The number of aromatic nitrogens is 1. The molecule has 2 saturated heterocycles. The summed E-state index contributed by atoms with van der Waals surface area (Å²) < 4.78 is 93.9. The molecule has 39 heavy (non-hydrogen) atoms. The predicted molar refractivity (Wildman–Crippen MR) is 128 cm³/mol. The van der Waals surface area contributed by atoms with E-state index in [-0.39, 0.29) is 17.5 Å². The molecule has 2 amide bonds. The van der Waals surface area contributed by atoms with Crippen molar-refractivity contribution < 1.29 is 40.3 Å². The molecule has 12 heteroatoms. The molecule has 0 aliphatic carbocycles. The van der Waals surface area contributed by atoms with Gasteiger partial charge >= 0.3 is 12.4 Å². The minimum Gasteiger partial charge on any atom is -0.312 e. The van der Waals surface area contributed by atoms with Gasteiger partial charge in [-0.05, 0) is 54.8 Å². The van der Waals surface area contributed by atoms with Crippen molar-refractivity contribution in [3.05, 3.63) is 65.6 Å². The number of hydrogen-bond donors (Lipinski definition) is 0. The number of amides is 2. The summed E-state index contributed by atoms with van der Waals surface area (Å²) in [6.45, 7) is 1.00. The summed E-state index contributed by atoms with van der Waals surface area (Å²) in [7, 11) is 0. The largest absolute Gasteiger partial charge is 0.419 e. The lowest BCUT2D eigenvalue weighted by atomic mass is 10.00. The monoisotopic (exact) mass is 551 g/mol. The molecule has 1 aromatic heterocycles. The molecule has 2 aliphatic rings. The molecule has 3 heterocycles. The second-order valence-electron chi connectivity index (χ2n) is 9.35. The van der Waals surface area contributed by atoms with E-state index in [1.54, 1.807) is 28.0 Å². The van der Waals surface area contributed by atoms with E-state index in [2.05, 4.69) is 4.98 Å². The van der Waals surface area contributed by atoms with Gasteiger partial charge in [-0.25, -0.2) is 4.39 Å². The molecule has 5 nitrogen and oxygen atoms in total. The third-order valence-corrected chi connectivity index (χ3v) is 6.75. The highest BCUT2D eigenvalue weighted by Gasteiger charge is 2.42. The van der Waals surface area contributed by atoms with Crippen LogP contribution in [0.2, 0.25) is 0 Å². The summed E-state index contributed by atoms with van der Waals surface area (Å²) in [5.74, 6) is -2.54. The molecule has 0 atom stereocenters. The van der Waals surface area contributed by atoms with E-state index in [9.17, 15) is 40.3 Å². The maximum atomic E-state index is 14.1. The van der Waals surface area contributed by atoms with E-state index < -0.39 is 34.9 Å². The quantitative estimate of drug-likeness (QED) is 0.334. The van der Waals surface area contributed by atoms with E-state index >= 15 is 0 Å². The van der Waals surface area contributed by atoms with Gasteiger partial charge in [0.15, 0.2) is 0 Å². The van der Waals surface area contributed by atoms with Gasteiger partial charge in [-0.3, -0.25) is 14.6 Å². The normalized spacial score (nSPS) is 16.5. The Balaban J connectivity index is 1.57. The minimum absolute atomic E-state index is 0.0726. The Morgan fingerprint density at radius 3 is 1.56 bits per heavy atom. The first kappa shape index (κ1) is 26.6. The zero-order valence-corrected chi connectivity index (χ0v) is 20.2. The average Bonchev–Trinajstić information content (AvgIpc) is 3.50. The molecule has 0 saturated carbocycles. The van der Waals surface area contributed by atoms with Crippen molar-refractivity contribution in [2.75, 3.05) is 22.9 Å². The van der Waals surface area contributed by atoms with Crippen LogP contribution < -0.4 is 9.80 Å². The van der Waals surface area contributed by atoms with Crippen LogP contribution in [0.25, 0.3) is 22.4 Å². The number of anilines is 2. The zero-order chi connectivity index (χ0) is 28.1. The number of alkyl halides is 6. The van der Waals surface area contributed by atoms with Crippen molar-refractivity contribution in [3.8, 4) is 22.4 Å². The Kier molecular flexibility index (Phi) is 6.59. The second kappa shape index (κ2) is 9.65. The van der Waals surface area contributed by atoms with Gasteiger partial charge in [-0.1, -0.05) is 6.07 Å². The molecule has 0 unspecified atom stereocenters. The Morgan fingerprint density at radius 2 is 1.18 bits per heavy atom. The fraction of sp³-hybridized carbons (Fsp3) is 0.296. The van der Waals surface area contributed by atoms with Crippen molar-refractivity contribution in [1.29, 1.82) is 0 Å². The Morgan fingerprint density at radius 1 is 0.667 bits per heavy atom. The van der Waals surface area contributed by atoms with Gasteiger partial charge in [-0.2, -0.15) is 26.3 Å². The first-order valence-corrected chi connectivity index (χ1v) is 12.0. The molecule has 2 fully saturated rings. The number of benzene rings is 2. The molecule has 3 aromatic rings. The number of rotatable bonds is 4. The first-order chi connectivity index (χ1) is 18.3. The summed E-state index contributed by atoms with van der Waals surface area (Å²) in [4.78, 5) is 32.0. The third kappa shape index (κ3) is 5.19. The maximum absolute atomic E-state index is 14.1. The van der Waals surface area contributed by atoms with Gasteiger partial charge < -0.3 is 9.80 Å². The van der Waals surface area contributed by atoms with Crippen LogP contribution in [0.15, 0.2) is 48.7 Å². The average molecular weight is 551 g/mol. The van der Waals surface area contributed by atoms with Gasteiger partial charge in [0.1, 0.15) is 5.82 Å². The van der Waals surface area contributed by atoms with E-state index in [0.717, 1.165) is 0 Å². The van der Waals surface area contributed by atoms with Gasteiger partial charge in [0, 0.05) is 54.6 Å². The van der Waals surface area contributed by atoms with E-state index in [0.29, 0.717) is 73.4 Å². The molecular weight excluding hydrogens is 531 g/mol. The van der Waals surface area contributed by atoms with Crippen molar-refractivity contribution >= 4 is 23.2 Å². The number of nitrogens with zero attached hydrogens (tertiary/aromatic N) is 3. The molecule has 204 valence electrons. The van der Waals surface area contributed by atoms with Crippen LogP contribution >= 0.6 is 0 Å². The lowest BCUT2D eigenvalue weighted by Gasteiger charge is -2.22. The van der Waals surface area contributed by atoms with Crippen molar-refractivity contribution in [2.24, 2.45) is 0 Å². The highest BCUT2D eigenvalue weighted by Crippen LogP contribution is 2.41. The molecule has 0 N–H and O–H groups in total. The van der Waals surface area contributed by atoms with Crippen molar-refractivity contribution in [3.63, 3.8) is 0 Å². The van der Waals surface area contributed by atoms with Gasteiger partial charge in [0.2, 0.25) is 11.8 Å². The fourth-order valence-corrected chi connectivity index (χ4v) is 4.84. The number of carbonyl (C=O) groups is 2. The van der Waals surface area contributed by atoms with Crippen LogP contribution in [-0.2, 0) is 21.9 Å². The molecule has 0 spiro atoms. The fourth-order valence-electron chi connectivity index (χ4n) is 4.84. The van der Waals surface area contributed by atoms with Crippen LogP contribution in [-0.4, -0.2) is 29.9 Å². The number of pyridine rings is 1. The Bertz CT molecular complexity index is 1370. The maximum Gasteiger partial charge on any atom is 0.419 e. The molecule has 5 rings (SSSR count). The molecule has 0 bridgehead atoms. The number of halogens is 7. The Labute approximate surface area is 217 Å². The summed E-state index contributed by atoms with van der Waals surface area (Å²) in [5, 5.41) is 0. The van der Waals surface area contributed by atoms with Crippen LogP contribution in [0.5, 0.6) is 0 Å². The van der Waals surface area contributed by atoms with Crippen LogP contribution in [0.3, 0.4) is 0 Å². The Hall–Kier alpha value is -3.96. The van der Waals surface area contributed by atoms with Crippen LogP contribution in [0.4, 0.5) is 42.1 Å². The minimum atomic E-state index is -5.35. The molecular formula is C27H20F7N3O2. The standard InChI is InChI=1S/C27H20F7N3O2/c28-25-20(26(29,30)31)11-17(12-21(25)27(32,33)34)22-6-5-15(14-35-22)16-9-18(36-7-1-3-23(36)38)13-19(10-16)37-8-2-4-24(37)39/h5-6,9-14H,1-4,7-8H2. The van der Waals surface area contributed by atoms with Crippen molar-refractivity contribution in [1.82, 2.24) is 4.98 Å². The summed E-state index contributed by atoms with van der Waals surface area (Å²) in [5.41, 5.74) is -2.73. The lowest BCUT2D eigenvalue weighted by Crippen LogP contribution is -2.26. The van der Waals surface area contributed by atoms with Gasteiger partial charge in [0.05, 0.1) is 16.8 Å². The zero-order valence-electron chi connectivity index (χ0n) is 20.2. The van der Waals surface area contributed by atoms with E-state index in [1.165, 1.54) is 18.3 Å². The van der Waals surface area contributed by atoms with E-state index in [4.69, 9.17) is 0 Å². The first-order valence-electron chi connectivity index (χ1n) is 12.0. The van der Waals surface area contributed by atoms with E-state index in [1.807, 2.05) is 0 Å². The smallest absolute Gasteiger partial charge is 0.312 e. The topological polar surface area (TPSA) is 53.5 Å². The molecule has 0 radical (unpaired) electrons. The number of hydrogen-bond acceptors (Lipinski definition) is 3. The lowest BCUT2D eigenvalue weighted by molar-refractivity contribution is -0.147. The van der Waals surface area contributed by atoms with Gasteiger partial charge in [0.25, 0.3) is 0 Å². The van der Waals surface area contributed by atoms with Crippen LogP contribution in [0, 0.1) is 5.82 Å². The highest BCUT2D eigenvalue weighted by atomic mass is 19.4. The van der Waals surface area contributed by atoms with Crippen LogP contribution in [0.1, 0.15) is 36.8 Å². The number of carbonyl (C=O) groups excluding carboxylic acids is 2. The van der Waals surface area contributed by atoms with Crippen molar-refractivity contribution in [2.45, 2.75) is 38.0 Å². The molecule has 2 aliphatic heterocycles. The van der Waals surface area contributed by atoms with Gasteiger partial charge in [-0.15, -0.1) is 0 Å². The summed E-state index contributed by atoms with van der Waals surface area (Å²) in [6.07, 6.45) is -7.32. The predicted octanol–water partition coefficient (Wildman–Crippen LogP) is 6.85. The molecule has 2 aromatic carbocycles. The highest BCUT2D eigenvalue weighted by molar-refractivity contribution is 6.00. The third-order valence-electron chi connectivity index (χ3n) is 6.75. The second-order valence-corrected chi connectivity index (χ2v) is 9.35. The SMILES string of the molecule is O=C1CCCN1c1cc(-c2ccc(-c3cc(C(F)(F)F)c(F)c(C(F)(F)F)c3)nc2)cc(N2CCCC2=O)c1. The summed E-state index contributed by atoms with van der Waals surface area (Å²) in [6, 6.07) is 8.45.